The standard InChI is InChI=1S/C23H20ClNO4S/c1-15-5-3-4-6-17(15)25-23(27)14-29-19-10-8-16(13-20(19)28-2)7-9-18(26)21-11-12-22(24)30-21/h3-13H,14H2,1-2H3,(H,25,27)/b9-7+. The van der Waals surface area contributed by atoms with E-state index < -0.39 is 0 Å². The number of carbonyl (C=O) groups is 2. The highest BCUT2D eigenvalue weighted by Gasteiger charge is 2.10. The molecule has 0 bridgehead atoms. The fourth-order valence-corrected chi connectivity index (χ4v) is 3.61. The molecule has 0 aliphatic carbocycles. The highest BCUT2D eigenvalue weighted by molar-refractivity contribution is 7.18. The van der Waals surface area contributed by atoms with E-state index in [1.165, 1.54) is 24.5 Å². The summed E-state index contributed by atoms with van der Waals surface area (Å²) in [6, 6.07) is 16.1. The van der Waals surface area contributed by atoms with Crippen LogP contribution in [0.15, 0.2) is 60.7 Å². The molecular formula is C23H20ClNO4S. The SMILES string of the molecule is COc1cc(/C=C/C(=O)c2ccc(Cl)s2)ccc1OCC(=O)Nc1ccccc1C. The van der Waals surface area contributed by atoms with E-state index in [0.717, 1.165) is 16.8 Å². The number of hydrogen-bond acceptors (Lipinski definition) is 5. The van der Waals surface area contributed by atoms with Crippen LogP contribution in [0.1, 0.15) is 20.8 Å². The second kappa shape index (κ2) is 10.1. The highest BCUT2D eigenvalue weighted by Crippen LogP contribution is 2.29. The fourth-order valence-electron chi connectivity index (χ4n) is 2.65. The molecule has 1 amide bonds. The van der Waals surface area contributed by atoms with Gasteiger partial charge in [-0.2, -0.15) is 0 Å². The number of thiophene rings is 1. The van der Waals surface area contributed by atoms with Crippen LogP contribution in [-0.4, -0.2) is 25.4 Å². The number of benzene rings is 2. The molecule has 3 aromatic rings. The van der Waals surface area contributed by atoms with Gasteiger partial charge >= 0.3 is 0 Å². The second-order valence-corrected chi connectivity index (χ2v) is 8.08. The maximum Gasteiger partial charge on any atom is 0.262 e. The second-order valence-electron chi connectivity index (χ2n) is 6.36. The number of hydrogen-bond donors (Lipinski definition) is 1. The molecule has 2 aromatic carbocycles. The first kappa shape index (κ1) is 21.6. The Hall–Kier alpha value is -3.09. The van der Waals surface area contributed by atoms with Crippen LogP contribution >= 0.6 is 22.9 Å². The topological polar surface area (TPSA) is 64.6 Å². The number of para-hydroxylation sites is 1. The van der Waals surface area contributed by atoms with Gasteiger partial charge in [0.15, 0.2) is 23.9 Å². The number of rotatable bonds is 8. The molecule has 3 rings (SSSR count). The fraction of sp³-hybridized carbons (Fsp3) is 0.130. The molecule has 1 aromatic heterocycles. The molecule has 0 saturated carbocycles. The van der Waals surface area contributed by atoms with E-state index in [9.17, 15) is 9.59 Å². The molecule has 1 N–H and O–H groups in total. The van der Waals surface area contributed by atoms with Crippen molar-refractivity contribution in [3.63, 3.8) is 0 Å². The van der Waals surface area contributed by atoms with Crippen LogP contribution in [-0.2, 0) is 4.79 Å². The van der Waals surface area contributed by atoms with Crippen LogP contribution < -0.4 is 14.8 Å². The summed E-state index contributed by atoms with van der Waals surface area (Å²) in [6.07, 6.45) is 3.17. The molecule has 7 heteroatoms. The normalized spacial score (nSPS) is 10.8. The van der Waals surface area contributed by atoms with Crippen molar-refractivity contribution in [1.29, 1.82) is 0 Å². The zero-order valence-corrected chi connectivity index (χ0v) is 18.0. The van der Waals surface area contributed by atoms with Gasteiger partial charge in [0.25, 0.3) is 5.91 Å². The van der Waals surface area contributed by atoms with Crippen LogP contribution in [0.5, 0.6) is 11.5 Å². The molecule has 1 heterocycles. The highest BCUT2D eigenvalue weighted by atomic mass is 35.5. The summed E-state index contributed by atoms with van der Waals surface area (Å²) in [7, 11) is 1.52. The van der Waals surface area contributed by atoms with Gasteiger partial charge in [0.1, 0.15) is 0 Å². The Morgan fingerprint density at radius 3 is 2.60 bits per heavy atom. The van der Waals surface area contributed by atoms with Gasteiger partial charge in [0.05, 0.1) is 16.3 Å². The van der Waals surface area contributed by atoms with E-state index >= 15 is 0 Å². The first-order chi connectivity index (χ1) is 14.5. The monoisotopic (exact) mass is 441 g/mol. The number of anilines is 1. The Balaban J connectivity index is 1.62. The zero-order valence-electron chi connectivity index (χ0n) is 16.5. The van der Waals surface area contributed by atoms with Crippen molar-refractivity contribution in [1.82, 2.24) is 0 Å². The van der Waals surface area contributed by atoms with E-state index in [4.69, 9.17) is 21.1 Å². The van der Waals surface area contributed by atoms with Crippen molar-refractivity contribution in [3.05, 3.63) is 81.0 Å². The molecule has 154 valence electrons. The Labute approximate surface area is 183 Å². The van der Waals surface area contributed by atoms with Crippen LogP contribution in [0.3, 0.4) is 0 Å². The third kappa shape index (κ3) is 5.72. The van der Waals surface area contributed by atoms with Crippen LogP contribution in [0, 0.1) is 6.92 Å². The third-order valence-corrected chi connectivity index (χ3v) is 5.45. The minimum Gasteiger partial charge on any atom is -0.493 e. The average molecular weight is 442 g/mol. The summed E-state index contributed by atoms with van der Waals surface area (Å²) in [5.41, 5.74) is 2.48. The Kier molecular flexibility index (Phi) is 7.27. The molecule has 0 spiro atoms. The molecule has 0 saturated heterocycles. The van der Waals surface area contributed by atoms with E-state index in [-0.39, 0.29) is 18.3 Å². The summed E-state index contributed by atoms with van der Waals surface area (Å²) in [4.78, 5) is 24.9. The summed E-state index contributed by atoms with van der Waals surface area (Å²) in [5.74, 6) is 0.507. The minimum absolute atomic E-state index is 0.126. The molecule has 0 atom stereocenters. The molecule has 0 radical (unpaired) electrons. The quantitative estimate of drug-likeness (QED) is 0.363. The number of allylic oxidation sites excluding steroid dienone is 1. The van der Waals surface area contributed by atoms with Crippen molar-refractivity contribution in [2.45, 2.75) is 6.92 Å². The maximum absolute atomic E-state index is 12.2. The lowest BCUT2D eigenvalue weighted by atomic mass is 10.1. The molecular weight excluding hydrogens is 422 g/mol. The van der Waals surface area contributed by atoms with Crippen molar-refractivity contribution in [2.75, 3.05) is 19.0 Å². The average Bonchev–Trinajstić information content (AvgIpc) is 3.18. The van der Waals surface area contributed by atoms with Gasteiger partial charge < -0.3 is 14.8 Å². The van der Waals surface area contributed by atoms with Crippen LogP contribution in [0.25, 0.3) is 6.08 Å². The number of ketones is 1. The molecule has 30 heavy (non-hydrogen) atoms. The number of methoxy groups -OCH3 is 1. The lowest BCUT2D eigenvalue weighted by Gasteiger charge is -2.12. The number of nitrogens with one attached hydrogen (secondary N) is 1. The van der Waals surface area contributed by atoms with E-state index in [2.05, 4.69) is 5.32 Å². The number of aryl methyl sites for hydroxylation is 1. The number of halogens is 1. The Morgan fingerprint density at radius 1 is 1.10 bits per heavy atom. The Bertz CT molecular complexity index is 1090. The van der Waals surface area contributed by atoms with Crippen molar-refractivity contribution >= 4 is 46.4 Å². The summed E-state index contributed by atoms with van der Waals surface area (Å²) < 4.78 is 11.5. The van der Waals surface area contributed by atoms with Crippen molar-refractivity contribution < 1.29 is 19.1 Å². The lowest BCUT2D eigenvalue weighted by molar-refractivity contribution is -0.118. The first-order valence-electron chi connectivity index (χ1n) is 9.10. The smallest absolute Gasteiger partial charge is 0.262 e. The minimum atomic E-state index is -0.268. The van der Waals surface area contributed by atoms with Crippen molar-refractivity contribution in [2.24, 2.45) is 0 Å². The summed E-state index contributed by atoms with van der Waals surface area (Å²) >= 11 is 7.10. The van der Waals surface area contributed by atoms with Gasteiger partial charge in [0, 0.05) is 5.69 Å². The molecule has 0 aliphatic heterocycles. The van der Waals surface area contributed by atoms with Crippen LogP contribution in [0.4, 0.5) is 5.69 Å². The molecule has 0 fully saturated rings. The van der Waals surface area contributed by atoms with Crippen LogP contribution in [0.2, 0.25) is 4.34 Å². The van der Waals surface area contributed by atoms with Gasteiger partial charge in [-0.25, -0.2) is 0 Å². The maximum atomic E-state index is 12.2. The number of carbonyl (C=O) groups excluding carboxylic acids is 2. The van der Waals surface area contributed by atoms with Gasteiger partial charge in [0.2, 0.25) is 0 Å². The number of ether oxygens (including phenoxy) is 2. The molecule has 0 aliphatic rings. The summed E-state index contributed by atoms with van der Waals surface area (Å²) in [5, 5.41) is 2.82. The summed E-state index contributed by atoms with van der Waals surface area (Å²) in [6.45, 7) is 1.76. The zero-order chi connectivity index (χ0) is 21.5. The van der Waals surface area contributed by atoms with Gasteiger partial charge in [-0.15, -0.1) is 11.3 Å². The van der Waals surface area contributed by atoms with Gasteiger partial charge in [-0.3, -0.25) is 9.59 Å². The van der Waals surface area contributed by atoms with E-state index in [1.807, 2.05) is 31.2 Å². The lowest BCUT2D eigenvalue weighted by Crippen LogP contribution is -2.20. The third-order valence-electron chi connectivity index (χ3n) is 4.21. The van der Waals surface area contributed by atoms with Crippen molar-refractivity contribution in [3.8, 4) is 11.5 Å². The molecule has 0 unspecified atom stereocenters. The largest absolute Gasteiger partial charge is 0.493 e. The predicted octanol–water partition coefficient (Wildman–Crippen LogP) is 5.63. The van der Waals surface area contributed by atoms with E-state index in [0.29, 0.717) is 20.7 Å². The van der Waals surface area contributed by atoms with E-state index in [1.54, 1.807) is 36.4 Å². The first-order valence-corrected chi connectivity index (χ1v) is 10.3. The molecule has 5 nitrogen and oxygen atoms in total. The predicted molar refractivity (Wildman–Crippen MR) is 121 cm³/mol. The Morgan fingerprint density at radius 2 is 1.90 bits per heavy atom. The van der Waals surface area contributed by atoms with Gasteiger partial charge in [-0.05, 0) is 54.5 Å². The van der Waals surface area contributed by atoms with Gasteiger partial charge in [-0.1, -0.05) is 41.9 Å². The number of amides is 1.